The van der Waals surface area contributed by atoms with Crippen LogP contribution in [-0.2, 0) is 12.8 Å². The number of nitrogens with zero attached hydrogens (tertiary/aromatic N) is 2. The fourth-order valence-corrected chi connectivity index (χ4v) is 3.07. The van der Waals surface area contributed by atoms with Crippen molar-refractivity contribution in [3.05, 3.63) is 77.2 Å². The number of para-hydroxylation sites is 1. The topological polar surface area (TPSA) is 76.1 Å². The standard InChI is InChI=1S/C23H26N4O2/c1-4-18-9-5-6-11-20(18)27-23(28)21-15-22(26-16(2)25-21)24-13-12-17-8-7-10-19(14-17)29-3/h5-11,14-15H,4,12-13H2,1-3H3,(H,27,28)(H,24,25,26). The zero-order valence-corrected chi connectivity index (χ0v) is 17.0. The highest BCUT2D eigenvalue weighted by atomic mass is 16.5. The highest BCUT2D eigenvalue weighted by Crippen LogP contribution is 2.17. The number of anilines is 2. The minimum Gasteiger partial charge on any atom is -0.497 e. The highest BCUT2D eigenvalue weighted by molar-refractivity contribution is 6.03. The molecule has 0 bridgehead atoms. The Morgan fingerprint density at radius 3 is 2.69 bits per heavy atom. The SMILES string of the molecule is CCc1ccccc1NC(=O)c1cc(NCCc2cccc(OC)c2)nc(C)n1. The van der Waals surface area contributed by atoms with Crippen molar-refractivity contribution in [2.75, 3.05) is 24.3 Å². The van der Waals surface area contributed by atoms with Gasteiger partial charge >= 0.3 is 0 Å². The van der Waals surface area contributed by atoms with E-state index in [1.165, 1.54) is 0 Å². The minimum atomic E-state index is -0.243. The lowest BCUT2D eigenvalue weighted by molar-refractivity contribution is 0.102. The van der Waals surface area contributed by atoms with Gasteiger partial charge in [-0.15, -0.1) is 0 Å². The van der Waals surface area contributed by atoms with Crippen molar-refractivity contribution in [2.45, 2.75) is 26.7 Å². The number of aryl methyl sites for hydroxylation is 2. The number of aromatic nitrogens is 2. The molecule has 0 spiro atoms. The molecule has 0 atom stereocenters. The van der Waals surface area contributed by atoms with Crippen LogP contribution in [0.3, 0.4) is 0 Å². The van der Waals surface area contributed by atoms with E-state index in [1.807, 2.05) is 42.5 Å². The van der Waals surface area contributed by atoms with Gasteiger partial charge in [-0.05, 0) is 49.1 Å². The molecule has 3 rings (SSSR count). The minimum absolute atomic E-state index is 0.243. The zero-order valence-electron chi connectivity index (χ0n) is 17.0. The zero-order chi connectivity index (χ0) is 20.6. The first-order valence-corrected chi connectivity index (χ1v) is 9.70. The maximum Gasteiger partial charge on any atom is 0.274 e. The number of amides is 1. The van der Waals surface area contributed by atoms with Gasteiger partial charge in [0.15, 0.2) is 0 Å². The van der Waals surface area contributed by atoms with E-state index in [0.29, 0.717) is 23.9 Å². The number of methoxy groups -OCH3 is 1. The number of rotatable bonds is 8. The molecule has 1 amide bonds. The van der Waals surface area contributed by atoms with Gasteiger partial charge in [-0.25, -0.2) is 9.97 Å². The summed E-state index contributed by atoms with van der Waals surface area (Å²) >= 11 is 0. The lowest BCUT2D eigenvalue weighted by Gasteiger charge is -2.11. The van der Waals surface area contributed by atoms with E-state index in [0.717, 1.165) is 35.4 Å². The second-order valence-electron chi connectivity index (χ2n) is 6.68. The lowest BCUT2D eigenvalue weighted by Crippen LogP contribution is -2.17. The number of hydrogen-bond donors (Lipinski definition) is 2. The van der Waals surface area contributed by atoms with Gasteiger partial charge in [0.25, 0.3) is 5.91 Å². The van der Waals surface area contributed by atoms with Crippen molar-refractivity contribution in [2.24, 2.45) is 0 Å². The third-order valence-corrected chi connectivity index (χ3v) is 4.57. The van der Waals surface area contributed by atoms with Gasteiger partial charge in [0.2, 0.25) is 0 Å². The van der Waals surface area contributed by atoms with Crippen molar-refractivity contribution in [1.29, 1.82) is 0 Å². The average Bonchev–Trinajstić information content (AvgIpc) is 2.74. The summed E-state index contributed by atoms with van der Waals surface area (Å²) in [5.74, 6) is 1.78. The lowest BCUT2D eigenvalue weighted by atomic mass is 10.1. The molecular formula is C23H26N4O2. The van der Waals surface area contributed by atoms with Crippen LogP contribution in [0.1, 0.15) is 34.4 Å². The molecular weight excluding hydrogens is 364 g/mol. The Kier molecular flexibility index (Phi) is 6.79. The van der Waals surface area contributed by atoms with Crippen molar-refractivity contribution in [3.8, 4) is 5.75 Å². The first kappa shape index (κ1) is 20.3. The third kappa shape index (κ3) is 5.54. The molecule has 0 aliphatic rings. The number of carbonyl (C=O) groups is 1. The second kappa shape index (κ2) is 9.68. The first-order chi connectivity index (χ1) is 14.1. The molecule has 0 aliphatic carbocycles. The molecule has 2 N–H and O–H groups in total. The summed E-state index contributed by atoms with van der Waals surface area (Å²) in [4.78, 5) is 21.4. The van der Waals surface area contributed by atoms with Gasteiger partial charge in [-0.1, -0.05) is 37.3 Å². The molecule has 1 aromatic heterocycles. The van der Waals surface area contributed by atoms with Gasteiger partial charge < -0.3 is 15.4 Å². The molecule has 29 heavy (non-hydrogen) atoms. The normalized spacial score (nSPS) is 10.4. The Morgan fingerprint density at radius 2 is 1.90 bits per heavy atom. The van der Waals surface area contributed by atoms with Crippen LogP contribution in [0.25, 0.3) is 0 Å². The van der Waals surface area contributed by atoms with Crippen LogP contribution in [0.2, 0.25) is 0 Å². The van der Waals surface area contributed by atoms with Crippen molar-refractivity contribution in [3.63, 3.8) is 0 Å². The molecule has 0 aliphatic heterocycles. The van der Waals surface area contributed by atoms with E-state index < -0.39 is 0 Å². The summed E-state index contributed by atoms with van der Waals surface area (Å²) in [6.07, 6.45) is 1.65. The Bertz CT molecular complexity index is 988. The van der Waals surface area contributed by atoms with E-state index in [9.17, 15) is 4.79 Å². The fraction of sp³-hybridized carbons (Fsp3) is 0.261. The fourth-order valence-electron chi connectivity index (χ4n) is 3.07. The van der Waals surface area contributed by atoms with Crippen LogP contribution >= 0.6 is 0 Å². The smallest absolute Gasteiger partial charge is 0.274 e. The van der Waals surface area contributed by atoms with Crippen LogP contribution in [0, 0.1) is 6.92 Å². The third-order valence-electron chi connectivity index (χ3n) is 4.57. The Hall–Kier alpha value is -3.41. The molecule has 0 fully saturated rings. The van der Waals surface area contributed by atoms with Gasteiger partial charge in [-0.3, -0.25) is 4.79 Å². The predicted molar refractivity (Wildman–Crippen MR) is 116 cm³/mol. The molecule has 6 heteroatoms. The van der Waals surface area contributed by atoms with Crippen molar-refractivity contribution >= 4 is 17.4 Å². The Balaban J connectivity index is 1.66. The van der Waals surface area contributed by atoms with Crippen molar-refractivity contribution in [1.82, 2.24) is 9.97 Å². The molecule has 6 nitrogen and oxygen atoms in total. The van der Waals surface area contributed by atoms with E-state index in [4.69, 9.17) is 4.74 Å². The van der Waals surface area contributed by atoms with E-state index >= 15 is 0 Å². The van der Waals surface area contributed by atoms with Gasteiger partial charge in [-0.2, -0.15) is 0 Å². The molecule has 3 aromatic rings. The van der Waals surface area contributed by atoms with Crippen LogP contribution in [0.15, 0.2) is 54.6 Å². The van der Waals surface area contributed by atoms with Gasteiger partial charge in [0, 0.05) is 18.3 Å². The highest BCUT2D eigenvalue weighted by Gasteiger charge is 2.12. The first-order valence-electron chi connectivity index (χ1n) is 9.70. The second-order valence-corrected chi connectivity index (χ2v) is 6.68. The Labute approximate surface area is 171 Å². The maximum atomic E-state index is 12.7. The summed E-state index contributed by atoms with van der Waals surface area (Å²) in [5, 5.41) is 6.24. The monoisotopic (exact) mass is 390 g/mol. The van der Waals surface area contributed by atoms with Gasteiger partial charge in [0.1, 0.15) is 23.1 Å². The Morgan fingerprint density at radius 1 is 1.07 bits per heavy atom. The summed E-state index contributed by atoms with van der Waals surface area (Å²) in [5.41, 5.74) is 3.40. The van der Waals surface area contributed by atoms with Crippen LogP contribution < -0.4 is 15.4 Å². The number of ether oxygens (including phenoxy) is 1. The number of nitrogens with one attached hydrogen (secondary N) is 2. The van der Waals surface area contributed by atoms with Crippen LogP contribution in [0.4, 0.5) is 11.5 Å². The average molecular weight is 390 g/mol. The molecule has 0 radical (unpaired) electrons. The molecule has 2 aromatic carbocycles. The summed E-state index contributed by atoms with van der Waals surface area (Å²) in [6, 6.07) is 17.4. The van der Waals surface area contributed by atoms with E-state index in [1.54, 1.807) is 20.1 Å². The van der Waals surface area contributed by atoms with Gasteiger partial charge in [0.05, 0.1) is 7.11 Å². The number of hydrogen-bond acceptors (Lipinski definition) is 5. The van der Waals surface area contributed by atoms with E-state index in [2.05, 4.69) is 33.6 Å². The molecule has 0 saturated heterocycles. The number of benzene rings is 2. The molecule has 150 valence electrons. The van der Waals surface area contributed by atoms with E-state index in [-0.39, 0.29) is 5.91 Å². The predicted octanol–water partition coefficient (Wildman–Crippen LogP) is 4.26. The summed E-state index contributed by atoms with van der Waals surface area (Å²) in [6.45, 7) is 4.53. The maximum absolute atomic E-state index is 12.7. The largest absolute Gasteiger partial charge is 0.497 e. The number of carbonyl (C=O) groups excluding carboxylic acids is 1. The van der Waals surface area contributed by atoms with Crippen molar-refractivity contribution < 1.29 is 9.53 Å². The molecule has 0 saturated carbocycles. The van der Waals surface area contributed by atoms with Crippen LogP contribution in [-0.4, -0.2) is 29.5 Å². The molecule has 1 heterocycles. The molecule has 0 unspecified atom stereocenters. The summed E-state index contributed by atoms with van der Waals surface area (Å²) in [7, 11) is 1.66. The quantitative estimate of drug-likeness (QED) is 0.601. The van der Waals surface area contributed by atoms with Crippen LogP contribution in [0.5, 0.6) is 5.75 Å². The summed E-state index contributed by atoms with van der Waals surface area (Å²) < 4.78 is 5.26.